The molecule has 1 aromatic carbocycles. The highest BCUT2D eigenvalue weighted by molar-refractivity contribution is 7.80. The zero-order valence-corrected chi connectivity index (χ0v) is 12.6. The van der Waals surface area contributed by atoms with Gasteiger partial charge in [0.05, 0.1) is 4.99 Å². The van der Waals surface area contributed by atoms with Crippen LogP contribution in [0.2, 0.25) is 0 Å². The predicted octanol–water partition coefficient (Wildman–Crippen LogP) is 2.66. The molecule has 0 unspecified atom stereocenters. The average molecular weight is 294 g/mol. The highest BCUT2D eigenvalue weighted by Crippen LogP contribution is 2.31. The van der Waals surface area contributed by atoms with Gasteiger partial charge in [-0.3, -0.25) is 4.79 Å². The van der Waals surface area contributed by atoms with Crippen molar-refractivity contribution >= 4 is 23.1 Å². The Morgan fingerprint density at radius 1 is 1.40 bits per heavy atom. The molecule has 3 nitrogen and oxygen atoms in total. The summed E-state index contributed by atoms with van der Waals surface area (Å²) in [6, 6.07) is 4.30. The summed E-state index contributed by atoms with van der Waals surface area (Å²) < 4.78 is 13.3. The van der Waals surface area contributed by atoms with E-state index in [9.17, 15) is 9.18 Å². The number of carbonyl (C=O) groups excluding carboxylic acids is 1. The molecule has 0 aliphatic carbocycles. The van der Waals surface area contributed by atoms with Crippen molar-refractivity contribution in [2.45, 2.75) is 26.7 Å². The lowest BCUT2D eigenvalue weighted by Crippen LogP contribution is -2.46. The van der Waals surface area contributed by atoms with Gasteiger partial charge in [0.1, 0.15) is 5.82 Å². The molecule has 1 aromatic rings. The van der Waals surface area contributed by atoms with Crippen LogP contribution in [0.1, 0.15) is 35.7 Å². The van der Waals surface area contributed by atoms with E-state index in [2.05, 4.69) is 0 Å². The second-order valence-electron chi connectivity index (χ2n) is 5.68. The molecule has 2 rings (SSSR count). The highest BCUT2D eigenvalue weighted by atomic mass is 32.1. The molecule has 1 aliphatic rings. The topological polar surface area (TPSA) is 46.3 Å². The first-order chi connectivity index (χ1) is 9.33. The Morgan fingerprint density at radius 3 is 2.55 bits per heavy atom. The van der Waals surface area contributed by atoms with Gasteiger partial charge in [0, 0.05) is 24.1 Å². The molecule has 1 saturated heterocycles. The molecule has 1 heterocycles. The molecule has 1 aliphatic heterocycles. The normalized spacial score (nSPS) is 17.9. The number of piperidine rings is 1. The molecule has 2 N–H and O–H groups in total. The number of hydrogen-bond donors (Lipinski definition) is 1. The van der Waals surface area contributed by atoms with E-state index >= 15 is 0 Å². The van der Waals surface area contributed by atoms with Gasteiger partial charge in [-0.2, -0.15) is 0 Å². The third-order valence-electron chi connectivity index (χ3n) is 4.18. The fourth-order valence-corrected chi connectivity index (χ4v) is 2.65. The highest BCUT2D eigenvalue weighted by Gasteiger charge is 2.34. The number of likely N-dealkylation sites (tertiary alicyclic amines) is 1. The Morgan fingerprint density at radius 2 is 2.00 bits per heavy atom. The lowest BCUT2D eigenvalue weighted by Gasteiger charge is -2.38. The molecule has 0 aromatic heterocycles. The van der Waals surface area contributed by atoms with Crippen LogP contribution in [-0.4, -0.2) is 28.9 Å². The minimum Gasteiger partial charge on any atom is -0.393 e. The molecule has 0 saturated carbocycles. The number of aryl methyl sites for hydroxylation is 1. The van der Waals surface area contributed by atoms with E-state index in [-0.39, 0.29) is 17.1 Å². The van der Waals surface area contributed by atoms with Crippen molar-refractivity contribution in [3.63, 3.8) is 0 Å². The van der Waals surface area contributed by atoms with Crippen LogP contribution >= 0.6 is 12.2 Å². The third kappa shape index (κ3) is 2.82. The largest absolute Gasteiger partial charge is 0.393 e. The number of carbonyl (C=O) groups is 1. The van der Waals surface area contributed by atoms with Crippen LogP contribution in [-0.2, 0) is 0 Å². The first-order valence-electron chi connectivity index (χ1n) is 6.69. The molecular formula is C15H19FN2OS. The van der Waals surface area contributed by atoms with E-state index in [1.54, 1.807) is 11.0 Å². The number of rotatable bonds is 2. The van der Waals surface area contributed by atoms with Crippen LogP contribution in [0.3, 0.4) is 0 Å². The van der Waals surface area contributed by atoms with Crippen LogP contribution in [0.4, 0.5) is 4.39 Å². The second kappa shape index (κ2) is 5.48. The zero-order chi connectivity index (χ0) is 14.9. The Labute approximate surface area is 123 Å². The summed E-state index contributed by atoms with van der Waals surface area (Å²) in [5, 5.41) is 0. The van der Waals surface area contributed by atoms with E-state index < -0.39 is 0 Å². The van der Waals surface area contributed by atoms with Crippen molar-refractivity contribution in [1.82, 2.24) is 4.90 Å². The Hall–Kier alpha value is -1.49. The molecular weight excluding hydrogens is 275 g/mol. The van der Waals surface area contributed by atoms with Crippen molar-refractivity contribution in [2.75, 3.05) is 13.1 Å². The molecule has 0 spiro atoms. The number of nitrogens with zero attached hydrogens (tertiary/aromatic N) is 1. The minimum atomic E-state index is -0.385. The third-order valence-corrected chi connectivity index (χ3v) is 4.67. The Kier molecular flexibility index (Phi) is 4.09. The number of halogens is 1. The average Bonchev–Trinajstić information content (AvgIpc) is 2.41. The van der Waals surface area contributed by atoms with Gasteiger partial charge in [0.2, 0.25) is 0 Å². The summed E-state index contributed by atoms with van der Waals surface area (Å²) in [5.41, 5.74) is 6.80. The van der Waals surface area contributed by atoms with Crippen LogP contribution in [0.15, 0.2) is 18.2 Å². The summed E-state index contributed by atoms with van der Waals surface area (Å²) in [4.78, 5) is 14.7. The van der Waals surface area contributed by atoms with Gasteiger partial charge < -0.3 is 10.6 Å². The van der Waals surface area contributed by atoms with E-state index in [1.165, 1.54) is 12.1 Å². The van der Waals surface area contributed by atoms with Crippen LogP contribution in [0.25, 0.3) is 0 Å². The van der Waals surface area contributed by atoms with Gasteiger partial charge in [-0.1, -0.05) is 25.2 Å². The Balaban J connectivity index is 2.13. The van der Waals surface area contributed by atoms with Crippen LogP contribution < -0.4 is 5.73 Å². The maximum Gasteiger partial charge on any atom is 0.254 e. The molecule has 0 atom stereocenters. The molecule has 108 valence electrons. The fourth-order valence-electron chi connectivity index (χ4n) is 2.44. The number of amides is 1. The number of hydrogen-bond acceptors (Lipinski definition) is 2. The van der Waals surface area contributed by atoms with Gasteiger partial charge in [0.25, 0.3) is 5.91 Å². The van der Waals surface area contributed by atoms with Gasteiger partial charge in [-0.25, -0.2) is 4.39 Å². The summed E-state index contributed by atoms with van der Waals surface area (Å²) in [6.45, 7) is 5.05. The summed E-state index contributed by atoms with van der Waals surface area (Å²) in [6.07, 6.45) is 1.50. The van der Waals surface area contributed by atoms with Crippen molar-refractivity contribution < 1.29 is 9.18 Å². The van der Waals surface area contributed by atoms with Gasteiger partial charge in [-0.15, -0.1) is 0 Å². The molecule has 0 bridgehead atoms. The van der Waals surface area contributed by atoms with Crippen molar-refractivity contribution in [3.05, 3.63) is 35.1 Å². The smallest absolute Gasteiger partial charge is 0.254 e. The lowest BCUT2D eigenvalue weighted by molar-refractivity contribution is 0.0669. The van der Waals surface area contributed by atoms with E-state index in [0.717, 1.165) is 18.4 Å². The lowest BCUT2D eigenvalue weighted by atomic mass is 9.80. The minimum absolute atomic E-state index is 0.119. The summed E-state index contributed by atoms with van der Waals surface area (Å²) in [5.74, 6) is -0.504. The first-order valence-corrected chi connectivity index (χ1v) is 7.10. The van der Waals surface area contributed by atoms with Gasteiger partial charge in [-0.05, 0) is 37.5 Å². The Bertz CT molecular complexity index is 551. The van der Waals surface area contributed by atoms with Crippen molar-refractivity contribution in [3.8, 4) is 0 Å². The molecule has 20 heavy (non-hydrogen) atoms. The SMILES string of the molecule is Cc1ccc(F)cc1C(=O)N1CCC(C)(C(N)=S)CC1. The molecule has 1 fully saturated rings. The predicted molar refractivity (Wildman–Crippen MR) is 81.2 cm³/mol. The summed E-state index contributed by atoms with van der Waals surface area (Å²) >= 11 is 5.09. The van der Waals surface area contributed by atoms with E-state index in [1.807, 2.05) is 13.8 Å². The zero-order valence-electron chi connectivity index (χ0n) is 11.8. The first kappa shape index (κ1) is 14.9. The van der Waals surface area contributed by atoms with E-state index in [4.69, 9.17) is 18.0 Å². The van der Waals surface area contributed by atoms with Crippen molar-refractivity contribution in [2.24, 2.45) is 11.1 Å². The van der Waals surface area contributed by atoms with Crippen molar-refractivity contribution in [1.29, 1.82) is 0 Å². The molecule has 1 amide bonds. The fraction of sp³-hybridized carbons (Fsp3) is 0.467. The maximum atomic E-state index is 13.3. The number of thiocarbonyl (C=S) groups is 1. The molecule has 5 heteroatoms. The van der Waals surface area contributed by atoms with Crippen LogP contribution in [0.5, 0.6) is 0 Å². The van der Waals surface area contributed by atoms with Gasteiger partial charge >= 0.3 is 0 Å². The molecule has 0 radical (unpaired) electrons. The quantitative estimate of drug-likeness (QED) is 0.853. The monoisotopic (exact) mass is 294 g/mol. The number of nitrogens with two attached hydrogens (primary N) is 1. The van der Waals surface area contributed by atoms with Crippen LogP contribution in [0, 0.1) is 18.2 Å². The standard InChI is InChI=1S/C15H19FN2OS/c1-10-3-4-11(16)9-12(10)13(19)18-7-5-15(2,6-8-18)14(17)20/h3-4,9H,5-8H2,1-2H3,(H2,17,20). The van der Waals surface area contributed by atoms with E-state index in [0.29, 0.717) is 23.6 Å². The summed E-state index contributed by atoms with van der Waals surface area (Å²) in [7, 11) is 0. The maximum absolute atomic E-state index is 13.3. The number of benzene rings is 1. The van der Waals surface area contributed by atoms with Gasteiger partial charge in [0.15, 0.2) is 0 Å². The second-order valence-corrected chi connectivity index (χ2v) is 6.12.